The van der Waals surface area contributed by atoms with Crippen LogP contribution in [0.4, 0.5) is 23.7 Å². The molecule has 35 heavy (non-hydrogen) atoms. The highest BCUT2D eigenvalue weighted by molar-refractivity contribution is 9.10. The Labute approximate surface area is 213 Å². The van der Waals surface area contributed by atoms with E-state index in [-0.39, 0.29) is 29.3 Å². The van der Waals surface area contributed by atoms with Crippen molar-refractivity contribution >= 4 is 27.6 Å². The molecule has 0 saturated heterocycles. The number of hydrogen-bond acceptors (Lipinski definition) is 2. The molecule has 8 heteroatoms. The van der Waals surface area contributed by atoms with E-state index in [1.807, 2.05) is 12.1 Å². The first-order valence-electron chi connectivity index (χ1n) is 12.1. The van der Waals surface area contributed by atoms with Gasteiger partial charge in [-0.2, -0.15) is 0 Å². The zero-order valence-electron chi connectivity index (χ0n) is 20.3. The van der Waals surface area contributed by atoms with Crippen molar-refractivity contribution < 1.29 is 22.7 Å². The lowest BCUT2D eigenvalue weighted by Gasteiger charge is -2.41. The summed E-state index contributed by atoms with van der Waals surface area (Å²) in [5.41, 5.74) is 3.11. The van der Waals surface area contributed by atoms with Crippen molar-refractivity contribution in [3.63, 3.8) is 0 Å². The van der Waals surface area contributed by atoms with E-state index in [1.54, 1.807) is 4.90 Å². The maximum atomic E-state index is 13.7. The first kappa shape index (κ1) is 25.9. The fraction of sp³-hybridized carbons (Fsp3) is 0.519. The SMILES string of the molecule is CC(C)(C)[C@H]1CC[C@H](N(C(=O)NC2CCc3cc(Br)ccc32)c2ccc(OC(F)(F)F)cc2)CC1. The van der Waals surface area contributed by atoms with Crippen molar-refractivity contribution in [1.82, 2.24) is 5.32 Å². The summed E-state index contributed by atoms with van der Waals surface area (Å²) in [6.07, 6.45) is 0.672. The number of anilines is 1. The molecule has 1 unspecified atom stereocenters. The van der Waals surface area contributed by atoms with Crippen molar-refractivity contribution in [2.45, 2.75) is 77.7 Å². The Hall–Kier alpha value is -2.22. The summed E-state index contributed by atoms with van der Waals surface area (Å²) in [7, 11) is 0. The zero-order valence-corrected chi connectivity index (χ0v) is 21.9. The van der Waals surface area contributed by atoms with Crippen molar-refractivity contribution in [3.05, 3.63) is 58.1 Å². The van der Waals surface area contributed by atoms with Gasteiger partial charge in [0.2, 0.25) is 0 Å². The number of ether oxygens (including phenoxy) is 1. The van der Waals surface area contributed by atoms with Gasteiger partial charge in [0.05, 0.1) is 6.04 Å². The van der Waals surface area contributed by atoms with Crippen molar-refractivity contribution in [2.75, 3.05) is 4.90 Å². The molecule has 190 valence electrons. The Bertz CT molecular complexity index is 1040. The molecule has 0 bridgehead atoms. The standard InChI is InChI=1S/C27H32BrF3N2O2/c1-26(2,3)18-5-8-20(9-6-18)33(21-10-12-22(13-11-21)35-27(29,30)31)25(34)32-24-15-4-17-16-19(28)7-14-23(17)24/h7,10-14,16,18,20,24H,4-6,8-9,15H2,1-3H3,(H,32,34)/t18-,20-,24?. The molecule has 1 saturated carbocycles. The molecule has 2 aliphatic carbocycles. The molecule has 1 N–H and O–H groups in total. The smallest absolute Gasteiger partial charge is 0.406 e. The van der Waals surface area contributed by atoms with E-state index in [1.165, 1.54) is 29.8 Å². The molecular formula is C27H32BrF3N2O2. The molecule has 2 aromatic carbocycles. The van der Waals surface area contributed by atoms with Gasteiger partial charge in [-0.25, -0.2) is 4.79 Å². The predicted molar refractivity (Wildman–Crippen MR) is 135 cm³/mol. The number of aryl methyl sites for hydroxylation is 1. The molecule has 4 nitrogen and oxygen atoms in total. The quantitative estimate of drug-likeness (QED) is 0.415. The molecule has 0 heterocycles. The number of benzene rings is 2. The first-order valence-corrected chi connectivity index (χ1v) is 12.9. The lowest BCUT2D eigenvalue weighted by Crippen LogP contribution is -2.49. The second-order valence-electron chi connectivity index (χ2n) is 10.7. The minimum atomic E-state index is -4.76. The Balaban J connectivity index is 1.55. The van der Waals surface area contributed by atoms with Crippen molar-refractivity contribution in [1.29, 1.82) is 0 Å². The van der Waals surface area contributed by atoms with Gasteiger partial charge in [0.1, 0.15) is 5.75 Å². The van der Waals surface area contributed by atoms with Gasteiger partial charge in [-0.05, 0) is 97.4 Å². The second kappa shape index (κ2) is 10.0. The second-order valence-corrected chi connectivity index (χ2v) is 11.6. The number of nitrogens with one attached hydrogen (secondary N) is 1. The van der Waals surface area contributed by atoms with Gasteiger partial charge < -0.3 is 10.1 Å². The average Bonchev–Trinajstić information content (AvgIpc) is 3.15. The molecule has 1 fully saturated rings. The number of nitrogens with zero attached hydrogens (tertiary/aromatic N) is 1. The minimum absolute atomic E-state index is 0.0197. The molecule has 1 atom stereocenters. The van der Waals surface area contributed by atoms with Crippen LogP contribution < -0.4 is 15.0 Å². The molecule has 2 amide bonds. The summed E-state index contributed by atoms with van der Waals surface area (Å²) in [6.45, 7) is 6.74. The number of halogens is 4. The van der Waals surface area contributed by atoms with Crippen LogP contribution in [0.3, 0.4) is 0 Å². The Morgan fingerprint density at radius 3 is 2.26 bits per heavy atom. The lowest BCUT2D eigenvalue weighted by atomic mass is 9.71. The number of hydrogen-bond donors (Lipinski definition) is 1. The van der Waals surface area contributed by atoms with Crippen LogP contribution >= 0.6 is 15.9 Å². The summed E-state index contributed by atoms with van der Waals surface area (Å²) in [6, 6.07) is 11.4. The Morgan fingerprint density at radius 2 is 1.66 bits per heavy atom. The van der Waals surface area contributed by atoms with E-state index >= 15 is 0 Å². The topological polar surface area (TPSA) is 41.6 Å². The molecule has 0 aromatic heterocycles. The van der Waals surface area contributed by atoms with Gasteiger partial charge in [0, 0.05) is 16.2 Å². The largest absolute Gasteiger partial charge is 0.573 e. The van der Waals surface area contributed by atoms with Crippen LogP contribution in [0.15, 0.2) is 46.9 Å². The summed E-state index contributed by atoms with van der Waals surface area (Å²) >= 11 is 3.51. The van der Waals surface area contributed by atoms with Gasteiger partial charge in [0.15, 0.2) is 0 Å². The molecule has 2 aliphatic rings. The first-order chi connectivity index (χ1) is 16.4. The van der Waals surface area contributed by atoms with Crippen LogP contribution in [0, 0.1) is 11.3 Å². The summed E-state index contributed by atoms with van der Waals surface area (Å²) in [5, 5.41) is 3.21. The molecule has 2 aromatic rings. The van der Waals surface area contributed by atoms with Crippen LogP contribution in [0.1, 0.15) is 70.0 Å². The van der Waals surface area contributed by atoms with Crippen LogP contribution in [0.5, 0.6) is 5.75 Å². The van der Waals surface area contributed by atoms with Crippen LogP contribution in [0.25, 0.3) is 0 Å². The molecule has 4 rings (SSSR count). The molecule has 0 spiro atoms. The summed E-state index contributed by atoms with van der Waals surface area (Å²) in [5.74, 6) is 0.278. The highest BCUT2D eigenvalue weighted by Crippen LogP contribution is 2.41. The van der Waals surface area contributed by atoms with Crippen molar-refractivity contribution in [3.8, 4) is 5.75 Å². The number of carbonyl (C=O) groups excluding carboxylic acids is 1. The van der Waals surface area contributed by atoms with Gasteiger partial charge in [0.25, 0.3) is 0 Å². The van der Waals surface area contributed by atoms with E-state index in [2.05, 4.69) is 52.8 Å². The van der Waals surface area contributed by atoms with Crippen LogP contribution in [-0.4, -0.2) is 18.4 Å². The van der Waals surface area contributed by atoms with Crippen LogP contribution in [-0.2, 0) is 6.42 Å². The molecule has 0 aliphatic heterocycles. The van der Waals surface area contributed by atoms with Gasteiger partial charge in [-0.15, -0.1) is 13.2 Å². The van der Waals surface area contributed by atoms with E-state index in [9.17, 15) is 18.0 Å². The number of urea groups is 1. The highest BCUT2D eigenvalue weighted by Gasteiger charge is 2.36. The third-order valence-electron chi connectivity index (χ3n) is 7.33. The normalized spacial score (nSPS) is 22.4. The minimum Gasteiger partial charge on any atom is -0.406 e. The zero-order chi connectivity index (χ0) is 25.4. The fourth-order valence-electron chi connectivity index (χ4n) is 5.46. The summed E-state index contributed by atoms with van der Waals surface area (Å²) in [4.78, 5) is 15.4. The molecule has 0 radical (unpaired) electrons. The Kier molecular flexibility index (Phi) is 7.41. The summed E-state index contributed by atoms with van der Waals surface area (Å²) < 4.78 is 42.9. The number of rotatable bonds is 4. The van der Waals surface area contributed by atoms with Crippen molar-refractivity contribution in [2.24, 2.45) is 11.3 Å². The van der Waals surface area contributed by atoms with Gasteiger partial charge >= 0.3 is 12.4 Å². The van der Waals surface area contributed by atoms with E-state index in [0.717, 1.165) is 48.6 Å². The number of fused-ring (bicyclic) bond motifs is 1. The maximum absolute atomic E-state index is 13.7. The number of alkyl halides is 3. The number of amides is 2. The third kappa shape index (κ3) is 6.32. The Morgan fingerprint density at radius 1 is 1.00 bits per heavy atom. The van der Waals surface area contributed by atoms with Crippen LogP contribution in [0.2, 0.25) is 0 Å². The highest BCUT2D eigenvalue weighted by atomic mass is 79.9. The monoisotopic (exact) mass is 552 g/mol. The van der Waals surface area contributed by atoms with E-state index in [4.69, 9.17) is 0 Å². The van der Waals surface area contributed by atoms with Gasteiger partial charge in [-0.3, -0.25) is 4.90 Å². The number of carbonyl (C=O) groups is 1. The van der Waals surface area contributed by atoms with Gasteiger partial charge in [-0.1, -0.05) is 42.8 Å². The van der Waals surface area contributed by atoms with E-state index in [0.29, 0.717) is 11.6 Å². The lowest BCUT2D eigenvalue weighted by molar-refractivity contribution is -0.274. The fourth-order valence-corrected chi connectivity index (χ4v) is 5.87. The average molecular weight is 553 g/mol. The predicted octanol–water partition coefficient (Wildman–Crippen LogP) is 8.16. The third-order valence-corrected chi connectivity index (χ3v) is 7.83. The maximum Gasteiger partial charge on any atom is 0.573 e. The van der Waals surface area contributed by atoms with E-state index < -0.39 is 6.36 Å². The molecular weight excluding hydrogens is 521 g/mol.